The first kappa shape index (κ1) is 21.2. The highest BCUT2D eigenvalue weighted by atomic mass is 19.1. The molecule has 1 aromatic carbocycles. The second-order valence-electron chi connectivity index (χ2n) is 8.49. The Morgan fingerprint density at radius 1 is 1.19 bits per heavy atom. The van der Waals surface area contributed by atoms with Crippen LogP contribution >= 0.6 is 0 Å². The highest BCUT2D eigenvalue weighted by Gasteiger charge is 2.40. The Morgan fingerprint density at radius 3 is 2.52 bits per heavy atom. The van der Waals surface area contributed by atoms with Crippen LogP contribution in [0, 0.1) is 19.7 Å². The Bertz CT molecular complexity index is 1080. The zero-order valence-corrected chi connectivity index (χ0v) is 17.7. The summed E-state index contributed by atoms with van der Waals surface area (Å²) in [5, 5.41) is 9.78. The maximum Gasteiger partial charge on any atom is 0.301 e. The van der Waals surface area contributed by atoms with E-state index in [0.717, 1.165) is 12.8 Å². The smallest absolute Gasteiger partial charge is 0.301 e. The van der Waals surface area contributed by atoms with Gasteiger partial charge in [0.25, 0.3) is 11.7 Å². The average molecular weight is 427 g/mol. The third-order valence-corrected chi connectivity index (χ3v) is 6.41. The van der Waals surface area contributed by atoms with E-state index < -0.39 is 29.5 Å². The molecule has 1 fully saturated rings. The number of aliphatic hydroxyl groups is 1. The molecule has 8 heteroatoms. The van der Waals surface area contributed by atoms with E-state index in [1.165, 1.54) is 23.1 Å². The lowest BCUT2D eigenvalue weighted by molar-refractivity contribution is -0.116. The van der Waals surface area contributed by atoms with Gasteiger partial charge in [-0.05, 0) is 75.3 Å². The molecule has 2 aromatic rings. The minimum Gasteiger partial charge on any atom is -0.393 e. The number of aromatic nitrogens is 1. The molecule has 164 valence electrons. The van der Waals surface area contributed by atoms with Gasteiger partial charge in [-0.25, -0.2) is 4.39 Å². The quantitative estimate of drug-likeness (QED) is 0.565. The van der Waals surface area contributed by atoms with Gasteiger partial charge >= 0.3 is 5.91 Å². The first-order valence-electron chi connectivity index (χ1n) is 10.5. The van der Waals surface area contributed by atoms with Crippen molar-refractivity contribution in [3.05, 3.63) is 52.1 Å². The van der Waals surface area contributed by atoms with Crippen LogP contribution in [0.15, 0.2) is 18.2 Å². The van der Waals surface area contributed by atoms with Crippen molar-refractivity contribution in [2.45, 2.75) is 64.6 Å². The molecule has 2 aliphatic rings. The minimum atomic E-state index is -0.757. The van der Waals surface area contributed by atoms with Crippen LogP contribution < -0.4 is 10.6 Å². The molecule has 0 atom stereocenters. The van der Waals surface area contributed by atoms with Crippen molar-refractivity contribution in [3.8, 4) is 0 Å². The van der Waals surface area contributed by atoms with Gasteiger partial charge in [0.05, 0.1) is 17.4 Å². The topological polar surface area (TPSA) is 106 Å². The Labute approximate surface area is 179 Å². The second kappa shape index (κ2) is 7.92. The van der Waals surface area contributed by atoms with Crippen LogP contribution in [-0.4, -0.2) is 39.4 Å². The summed E-state index contributed by atoms with van der Waals surface area (Å²) in [6.45, 7) is 3.77. The number of halogens is 1. The number of Topliss-reactive ketones (excluding diaryl/α,β-unsaturated/α-hetero) is 1. The number of ketones is 1. The van der Waals surface area contributed by atoms with Gasteiger partial charge in [0.2, 0.25) is 0 Å². The van der Waals surface area contributed by atoms with E-state index in [1.54, 1.807) is 18.4 Å². The van der Waals surface area contributed by atoms with Gasteiger partial charge in [-0.15, -0.1) is 0 Å². The van der Waals surface area contributed by atoms with Gasteiger partial charge in [0, 0.05) is 24.0 Å². The number of hydrogen-bond donors (Lipinski definition) is 2. The highest BCUT2D eigenvalue weighted by molar-refractivity contribution is 6.47. The normalized spacial score (nSPS) is 20.0. The van der Waals surface area contributed by atoms with E-state index >= 15 is 0 Å². The van der Waals surface area contributed by atoms with Crippen molar-refractivity contribution < 1.29 is 23.9 Å². The molecule has 31 heavy (non-hydrogen) atoms. The number of anilines is 1. The Hall–Kier alpha value is -3.00. The first-order chi connectivity index (χ1) is 14.7. The van der Waals surface area contributed by atoms with Crippen LogP contribution in [0.2, 0.25) is 0 Å². The summed E-state index contributed by atoms with van der Waals surface area (Å²) in [4.78, 5) is 40.4. The summed E-state index contributed by atoms with van der Waals surface area (Å²) >= 11 is 0. The molecule has 0 radical (unpaired) electrons. The molecule has 1 aromatic heterocycles. The van der Waals surface area contributed by atoms with Crippen LogP contribution in [0.5, 0.6) is 0 Å². The number of carbonyl (C=O) groups excluding carboxylic acids is 3. The molecule has 3 N–H and O–H groups in total. The highest BCUT2D eigenvalue weighted by Crippen LogP contribution is 2.33. The number of hydrogen-bond acceptors (Lipinski definition) is 4. The third kappa shape index (κ3) is 3.54. The van der Waals surface area contributed by atoms with Crippen molar-refractivity contribution in [2.24, 2.45) is 5.73 Å². The molecule has 1 aliphatic carbocycles. The number of amides is 2. The SMILES string of the molecule is Cc1cc(N(C(=O)C(=O)c2c(C)c(C(N)=O)c3n2CCCC3)C2CC(O)C2)ccc1F. The Morgan fingerprint density at radius 2 is 1.90 bits per heavy atom. The van der Waals surface area contributed by atoms with Crippen molar-refractivity contribution >= 4 is 23.3 Å². The largest absolute Gasteiger partial charge is 0.393 e. The molecule has 7 nitrogen and oxygen atoms in total. The maximum absolute atomic E-state index is 13.8. The fourth-order valence-corrected chi connectivity index (χ4v) is 4.75. The van der Waals surface area contributed by atoms with Crippen molar-refractivity contribution in [1.29, 1.82) is 0 Å². The van der Waals surface area contributed by atoms with E-state index in [2.05, 4.69) is 0 Å². The third-order valence-electron chi connectivity index (χ3n) is 6.41. The predicted molar refractivity (Wildman–Crippen MR) is 113 cm³/mol. The zero-order valence-electron chi connectivity index (χ0n) is 17.7. The monoisotopic (exact) mass is 427 g/mol. The summed E-state index contributed by atoms with van der Waals surface area (Å²) in [7, 11) is 0. The summed E-state index contributed by atoms with van der Waals surface area (Å²) < 4.78 is 15.6. The van der Waals surface area contributed by atoms with Gasteiger partial charge in [0.1, 0.15) is 5.82 Å². The van der Waals surface area contributed by atoms with Crippen molar-refractivity contribution in [3.63, 3.8) is 0 Å². The molecule has 0 bridgehead atoms. The molecular weight excluding hydrogens is 401 g/mol. The molecule has 2 amide bonds. The number of nitrogens with zero attached hydrogens (tertiary/aromatic N) is 2. The first-order valence-corrected chi connectivity index (χ1v) is 10.5. The molecule has 1 saturated carbocycles. The summed E-state index contributed by atoms with van der Waals surface area (Å²) in [6, 6.07) is 3.90. The lowest BCUT2D eigenvalue weighted by Gasteiger charge is -2.40. The van der Waals surface area contributed by atoms with E-state index in [1.807, 2.05) is 0 Å². The van der Waals surface area contributed by atoms with Crippen LogP contribution in [0.3, 0.4) is 0 Å². The molecule has 0 spiro atoms. The number of nitrogens with two attached hydrogens (primary N) is 1. The number of carbonyl (C=O) groups is 3. The Balaban J connectivity index is 1.77. The standard InChI is InChI=1S/C23H26FN3O4/c1-12-9-14(6-7-17(12)24)27(15-10-16(28)11-15)23(31)21(29)20-13(2)19(22(25)30)18-5-3-4-8-26(18)20/h6-7,9,15-16,28H,3-5,8,10-11H2,1-2H3,(H2,25,30). The fraction of sp³-hybridized carbons (Fsp3) is 0.435. The van der Waals surface area contributed by atoms with Gasteiger partial charge < -0.3 is 20.3 Å². The van der Waals surface area contributed by atoms with Gasteiger partial charge in [-0.2, -0.15) is 0 Å². The lowest BCUT2D eigenvalue weighted by atomic mass is 9.87. The molecule has 0 saturated heterocycles. The molecule has 4 rings (SSSR count). The number of fused-ring (bicyclic) bond motifs is 1. The van der Waals surface area contributed by atoms with Crippen molar-refractivity contribution in [1.82, 2.24) is 4.57 Å². The van der Waals surface area contributed by atoms with Crippen molar-refractivity contribution in [2.75, 3.05) is 4.90 Å². The molecule has 1 aliphatic heterocycles. The van der Waals surface area contributed by atoms with Gasteiger partial charge in [0.15, 0.2) is 0 Å². The molecular formula is C23H26FN3O4. The summed E-state index contributed by atoms with van der Waals surface area (Å²) in [6.07, 6.45) is 2.48. The average Bonchev–Trinajstić information content (AvgIpc) is 3.00. The summed E-state index contributed by atoms with van der Waals surface area (Å²) in [5.41, 5.74) is 7.99. The van der Waals surface area contributed by atoms with E-state index in [4.69, 9.17) is 5.73 Å². The zero-order chi connectivity index (χ0) is 22.4. The minimum absolute atomic E-state index is 0.192. The van der Waals surface area contributed by atoms with Crippen LogP contribution in [-0.2, 0) is 17.8 Å². The van der Waals surface area contributed by atoms with E-state index in [-0.39, 0.29) is 11.7 Å². The predicted octanol–water partition coefficient (Wildman–Crippen LogP) is 2.42. The number of benzene rings is 1. The maximum atomic E-state index is 13.8. The number of aliphatic hydroxyl groups excluding tert-OH is 1. The molecule has 2 heterocycles. The summed E-state index contributed by atoms with van der Waals surface area (Å²) in [5.74, 6) is -2.49. The van der Waals surface area contributed by atoms with Crippen LogP contribution in [0.25, 0.3) is 0 Å². The van der Waals surface area contributed by atoms with E-state index in [0.29, 0.717) is 53.9 Å². The molecule has 0 unspecified atom stereocenters. The van der Waals surface area contributed by atoms with E-state index in [9.17, 15) is 23.9 Å². The van der Waals surface area contributed by atoms with Gasteiger partial charge in [-0.3, -0.25) is 14.4 Å². The second-order valence-corrected chi connectivity index (χ2v) is 8.49. The number of primary amides is 1. The number of aryl methyl sites for hydroxylation is 1. The van der Waals surface area contributed by atoms with Gasteiger partial charge in [-0.1, -0.05) is 0 Å². The van der Waals surface area contributed by atoms with Crippen LogP contribution in [0.1, 0.15) is 63.4 Å². The fourth-order valence-electron chi connectivity index (χ4n) is 4.75. The number of rotatable bonds is 5. The lowest BCUT2D eigenvalue weighted by Crippen LogP contribution is -2.52. The Kier molecular flexibility index (Phi) is 5.43. The van der Waals surface area contributed by atoms with Crippen LogP contribution in [0.4, 0.5) is 10.1 Å².